The fourth-order valence-corrected chi connectivity index (χ4v) is 1.73. The standard InChI is InChI=1S/C11H12N4O/c16-11(8-4-12-5-8)14-9-2-1-7-6-13-15-10(7)3-9/h1-3,6,8,12H,4-5H2,(H,13,15)(H,14,16). The molecule has 1 aliphatic heterocycles. The second-order valence-electron chi connectivity index (χ2n) is 4.02. The third-order valence-electron chi connectivity index (χ3n) is 2.86. The quantitative estimate of drug-likeness (QED) is 0.692. The fraction of sp³-hybridized carbons (Fsp3) is 0.273. The van der Waals surface area contributed by atoms with Gasteiger partial charge in [-0.2, -0.15) is 5.10 Å². The van der Waals surface area contributed by atoms with Crippen LogP contribution < -0.4 is 10.6 Å². The van der Waals surface area contributed by atoms with Crippen molar-refractivity contribution in [2.75, 3.05) is 18.4 Å². The molecule has 2 heterocycles. The van der Waals surface area contributed by atoms with Gasteiger partial charge in [-0.05, 0) is 18.2 Å². The maximum absolute atomic E-state index is 11.7. The Labute approximate surface area is 92.2 Å². The number of hydrogen-bond donors (Lipinski definition) is 3. The molecule has 2 aromatic rings. The van der Waals surface area contributed by atoms with E-state index in [0.717, 1.165) is 29.7 Å². The van der Waals surface area contributed by atoms with Crippen molar-refractivity contribution in [3.8, 4) is 0 Å². The normalized spacial score (nSPS) is 16.0. The van der Waals surface area contributed by atoms with Gasteiger partial charge in [0.25, 0.3) is 0 Å². The molecule has 0 unspecified atom stereocenters. The maximum atomic E-state index is 11.7. The summed E-state index contributed by atoms with van der Waals surface area (Å²) in [5, 5.41) is 13.8. The summed E-state index contributed by atoms with van der Waals surface area (Å²) < 4.78 is 0. The van der Waals surface area contributed by atoms with Gasteiger partial charge in [-0.3, -0.25) is 9.89 Å². The van der Waals surface area contributed by atoms with Crippen molar-refractivity contribution in [2.45, 2.75) is 0 Å². The Bertz CT molecular complexity index is 530. The molecule has 0 bridgehead atoms. The predicted octanol–water partition coefficient (Wildman–Crippen LogP) is 0.721. The summed E-state index contributed by atoms with van der Waals surface area (Å²) in [7, 11) is 0. The van der Waals surface area contributed by atoms with Crippen molar-refractivity contribution in [1.29, 1.82) is 0 Å². The molecule has 3 rings (SSSR count). The number of benzene rings is 1. The first kappa shape index (κ1) is 9.35. The second-order valence-corrected chi connectivity index (χ2v) is 4.02. The van der Waals surface area contributed by atoms with E-state index in [1.807, 2.05) is 18.2 Å². The lowest BCUT2D eigenvalue weighted by molar-refractivity contribution is -0.121. The minimum Gasteiger partial charge on any atom is -0.326 e. The Hall–Kier alpha value is -1.88. The summed E-state index contributed by atoms with van der Waals surface area (Å²) in [6, 6.07) is 5.72. The van der Waals surface area contributed by atoms with Crippen LogP contribution in [0.15, 0.2) is 24.4 Å². The number of amides is 1. The topological polar surface area (TPSA) is 69.8 Å². The minimum atomic E-state index is 0.0811. The Morgan fingerprint density at radius 2 is 2.31 bits per heavy atom. The highest BCUT2D eigenvalue weighted by Crippen LogP contribution is 2.17. The summed E-state index contributed by atoms with van der Waals surface area (Å²) in [5.41, 5.74) is 1.75. The van der Waals surface area contributed by atoms with Crippen LogP contribution in [0.3, 0.4) is 0 Å². The van der Waals surface area contributed by atoms with Gasteiger partial charge in [-0.15, -0.1) is 0 Å². The number of carbonyl (C=O) groups is 1. The molecule has 1 aromatic carbocycles. The number of aromatic nitrogens is 2. The van der Waals surface area contributed by atoms with Crippen LogP contribution >= 0.6 is 0 Å². The van der Waals surface area contributed by atoms with Crippen molar-refractivity contribution in [1.82, 2.24) is 15.5 Å². The van der Waals surface area contributed by atoms with Crippen LogP contribution in [0.4, 0.5) is 5.69 Å². The number of fused-ring (bicyclic) bond motifs is 1. The van der Waals surface area contributed by atoms with Gasteiger partial charge in [0.2, 0.25) is 5.91 Å². The minimum absolute atomic E-state index is 0.0811. The molecule has 5 nitrogen and oxygen atoms in total. The third kappa shape index (κ3) is 1.55. The molecule has 1 amide bonds. The number of H-pyrrole nitrogens is 1. The first-order chi connectivity index (χ1) is 7.83. The molecule has 1 fully saturated rings. The molecule has 1 aromatic heterocycles. The molecule has 0 saturated carbocycles. The van der Waals surface area contributed by atoms with E-state index in [-0.39, 0.29) is 11.8 Å². The molecular weight excluding hydrogens is 204 g/mol. The van der Waals surface area contributed by atoms with E-state index in [0.29, 0.717) is 0 Å². The molecule has 82 valence electrons. The predicted molar refractivity (Wildman–Crippen MR) is 61.1 cm³/mol. The van der Waals surface area contributed by atoms with Gasteiger partial charge in [-0.1, -0.05) is 0 Å². The van der Waals surface area contributed by atoms with Gasteiger partial charge in [-0.25, -0.2) is 0 Å². The van der Waals surface area contributed by atoms with Crippen LogP contribution in [0.5, 0.6) is 0 Å². The summed E-state index contributed by atoms with van der Waals surface area (Å²) in [4.78, 5) is 11.7. The molecular formula is C11H12N4O. The van der Waals surface area contributed by atoms with Crippen molar-refractivity contribution in [3.63, 3.8) is 0 Å². The smallest absolute Gasteiger partial charge is 0.230 e. The van der Waals surface area contributed by atoms with Crippen molar-refractivity contribution in [3.05, 3.63) is 24.4 Å². The van der Waals surface area contributed by atoms with E-state index >= 15 is 0 Å². The Balaban J connectivity index is 1.80. The number of anilines is 1. The van der Waals surface area contributed by atoms with Crippen molar-refractivity contribution < 1.29 is 4.79 Å². The SMILES string of the molecule is O=C(Nc1ccc2cn[nH]c2c1)C1CNC1. The number of rotatable bonds is 2. The molecule has 1 aliphatic rings. The van der Waals surface area contributed by atoms with E-state index in [4.69, 9.17) is 0 Å². The summed E-state index contributed by atoms with van der Waals surface area (Å²) >= 11 is 0. The number of carbonyl (C=O) groups excluding carboxylic acids is 1. The first-order valence-corrected chi connectivity index (χ1v) is 5.27. The highest BCUT2D eigenvalue weighted by Gasteiger charge is 2.24. The zero-order chi connectivity index (χ0) is 11.0. The van der Waals surface area contributed by atoms with E-state index in [1.165, 1.54) is 0 Å². The van der Waals surface area contributed by atoms with Crippen LogP contribution in [0.25, 0.3) is 10.9 Å². The average Bonchev–Trinajstić information content (AvgIpc) is 2.61. The van der Waals surface area contributed by atoms with Crippen LogP contribution in [0.1, 0.15) is 0 Å². The fourth-order valence-electron chi connectivity index (χ4n) is 1.73. The number of aromatic amines is 1. The molecule has 5 heteroatoms. The number of hydrogen-bond acceptors (Lipinski definition) is 3. The highest BCUT2D eigenvalue weighted by molar-refractivity contribution is 5.95. The second kappa shape index (κ2) is 3.61. The lowest BCUT2D eigenvalue weighted by Crippen LogP contribution is -2.48. The van der Waals surface area contributed by atoms with Gasteiger partial charge >= 0.3 is 0 Å². The highest BCUT2D eigenvalue weighted by atomic mass is 16.2. The number of nitrogens with one attached hydrogen (secondary N) is 3. The van der Waals surface area contributed by atoms with Crippen molar-refractivity contribution >= 4 is 22.5 Å². The van der Waals surface area contributed by atoms with Crippen LogP contribution in [-0.2, 0) is 4.79 Å². The molecule has 0 radical (unpaired) electrons. The zero-order valence-electron chi connectivity index (χ0n) is 8.66. The van der Waals surface area contributed by atoms with E-state index in [9.17, 15) is 4.79 Å². The third-order valence-corrected chi connectivity index (χ3v) is 2.86. The molecule has 16 heavy (non-hydrogen) atoms. The van der Waals surface area contributed by atoms with E-state index in [1.54, 1.807) is 6.20 Å². The van der Waals surface area contributed by atoms with Gasteiger partial charge in [0.1, 0.15) is 0 Å². The van der Waals surface area contributed by atoms with E-state index in [2.05, 4.69) is 20.8 Å². The van der Waals surface area contributed by atoms with E-state index < -0.39 is 0 Å². The summed E-state index contributed by atoms with van der Waals surface area (Å²) in [5.74, 6) is 0.190. The van der Waals surface area contributed by atoms with Crippen molar-refractivity contribution in [2.24, 2.45) is 5.92 Å². The molecule has 0 spiro atoms. The average molecular weight is 216 g/mol. The molecule has 3 N–H and O–H groups in total. The Kier molecular flexibility index (Phi) is 2.11. The van der Waals surface area contributed by atoms with Gasteiger partial charge in [0, 0.05) is 24.2 Å². The van der Waals surface area contributed by atoms with Gasteiger partial charge in [0.15, 0.2) is 0 Å². The monoisotopic (exact) mass is 216 g/mol. The van der Waals surface area contributed by atoms with Crippen LogP contribution in [0.2, 0.25) is 0 Å². The first-order valence-electron chi connectivity index (χ1n) is 5.27. The maximum Gasteiger partial charge on any atom is 0.230 e. The lowest BCUT2D eigenvalue weighted by atomic mass is 10.0. The molecule has 1 saturated heterocycles. The zero-order valence-corrected chi connectivity index (χ0v) is 8.66. The Morgan fingerprint density at radius 3 is 3.06 bits per heavy atom. The lowest BCUT2D eigenvalue weighted by Gasteiger charge is -2.25. The van der Waals surface area contributed by atoms with Crippen LogP contribution in [0, 0.1) is 5.92 Å². The van der Waals surface area contributed by atoms with Gasteiger partial charge < -0.3 is 10.6 Å². The molecule has 0 aliphatic carbocycles. The summed E-state index contributed by atoms with van der Waals surface area (Å²) in [6.45, 7) is 1.55. The summed E-state index contributed by atoms with van der Waals surface area (Å²) in [6.07, 6.45) is 1.76. The number of nitrogens with zero attached hydrogens (tertiary/aromatic N) is 1. The van der Waals surface area contributed by atoms with Gasteiger partial charge in [0.05, 0.1) is 17.6 Å². The Morgan fingerprint density at radius 1 is 1.44 bits per heavy atom. The largest absolute Gasteiger partial charge is 0.326 e. The molecule has 0 atom stereocenters. The van der Waals surface area contributed by atoms with Crippen LogP contribution in [-0.4, -0.2) is 29.2 Å².